The molecule has 0 unspecified atom stereocenters. The maximum Gasteiger partial charge on any atom is 0.226 e. The first-order valence-corrected chi connectivity index (χ1v) is 8.75. The molecule has 6 heteroatoms. The standard InChI is InChI=1S/C16H23N3O2S/c17-12-13-7-11-22-16(13)18-15(21)6-8-19(9-10-20)14-4-2-1-3-5-14/h7,11,14,20H,1-6,8-10H2,(H,18,21). The summed E-state index contributed by atoms with van der Waals surface area (Å²) in [5.41, 5.74) is 0.512. The lowest BCUT2D eigenvalue weighted by atomic mass is 9.94. The first kappa shape index (κ1) is 16.9. The number of carbonyl (C=O) groups is 1. The Hall–Kier alpha value is -1.42. The zero-order chi connectivity index (χ0) is 15.8. The molecule has 0 saturated heterocycles. The highest BCUT2D eigenvalue weighted by Gasteiger charge is 2.21. The lowest BCUT2D eigenvalue weighted by Crippen LogP contribution is -2.40. The van der Waals surface area contributed by atoms with Gasteiger partial charge in [0.2, 0.25) is 5.91 Å². The topological polar surface area (TPSA) is 76.4 Å². The number of aliphatic hydroxyl groups excluding tert-OH is 1. The van der Waals surface area contributed by atoms with Crippen LogP contribution < -0.4 is 5.32 Å². The van der Waals surface area contributed by atoms with Gasteiger partial charge in [-0.1, -0.05) is 19.3 Å². The Kier molecular flexibility index (Phi) is 6.84. The van der Waals surface area contributed by atoms with Crippen molar-refractivity contribution in [2.75, 3.05) is 25.0 Å². The van der Waals surface area contributed by atoms with Gasteiger partial charge < -0.3 is 10.4 Å². The van der Waals surface area contributed by atoms with E-state index in [1.54, 1.807) is 11.4 Å². The summed E-state index contributed by atoms with van der Waals surface area (Å²) in [5.74, 6) is -0.0716. The highest BCUT2D eigenvalue weighted by molar-refractivity contribution is 7.14. The van der Waals surface area contributed by atoms with Crippen LogP contribution in [-0.4, -0.2) is 41.7 Å². The van der Waals surface area contributed by atoms with Crippen molar-refractivity contribution in [3.63, 3.8) is 0 Å². The minimum absolute atomic E-state index is 0.0716. The van der Waals surface area contributed by atoms with E-state index in [-0.39, 0.29) is 12.5 Å². The Balaban J connectivity index is 1.83. The summed E-state index contributed by atoms with van der Waals surface area (Å²) >= 11 is 1.37. The van der Waals surface area contributed by atoms with Crippen LogP contribution in [0.15, 0.2) is 11.4 Å². The number of rotatable bonds is 7. The summed E-state index contributed by atoms with van der Waals surface area (Å²) in [6, 6.07) is 4.27. The number of hydrogen-bond acceptors (Lipinski definition) is 5. The fourth-order valence-electron chi connectivity index (χ4n) is 2.98. The molecule has 5 nitrogen and oxygen atoms in total. The molecule has 0 bridgehead atoms. The molecular weight excluding hydrogens is 298 g/mol. The van der Waals surface area contributed by atoms with E-state index in [9.17, 15) is 9.90 Å². The van der Waals surface area contributed by atoms with Gasteiger partial charge in [0.1, 0.15) is 11.1 Å². The van der Waals surface area contributed by atoms with Gasteiger partial charge in [0.05, 0.1) is 12.2 Å². The van der Waals surface area contributed by atoms with Crippen LogP contribution in [0.4, 0.5) is 5.00 Å². The van der Waals surface area contributed by atoms with Gasteiger partial charge >= 0.3 is 0 Å². The molecule has 1 saturated carbocycles. The smallest absolute Gasteiger partial charge is 0.226 e. The fraction of sp³-hybridized carbons (Fsp3) is 0.625. The van der Waals surface area contributed by atoms with Crippen LogP contribution in [0.5, 0.6) is 0 Å². The number of anilines is 1. The van der Waals surface area contributed by atoms with Crippen molar-refractivity contribution in [3.05, 3.63) is 17.0 Å². The Morgan fingerprint density at radius 2 is 2.18 bits per heavy atom. The van der Waals surface area contributed by atoms with Gasteiger partial charge in [-0.15, -0.1) is 11.3 Å². The molecule has 1 aliphatic rings. The zero-order valence-corrected chi connectivity index (χ0v) is 13.6. The Morgan fingerprint density at radius 3 is 2.86 bits per heavy atom. The van der Waals surface area contributed by atoms with E-state index in [1.807, 2.05) is 0 Å². The van der Waals surface area contributed by atoms with Crippen LogP contribution in [-0.2, 0) is 4.79 Å². The molecule has 2 N–H and O–H groups in total. The Bertz CT molecular complexity index is 518. The van der Waals surface area contributed by atoms with Crippen molar-refractivity contribution in [1.29, 1.82) is 5.26 Å². The Labute approximate surface area is 135 Å². The number of hydrogen-bond donors (Lipinski definition) is 2. The summed E-state index contributed by atoms with van der Waals surface area (Å²) in [6.45, 7) is 1.41. The molecule has 0 atom stereocenters. The average molecular weight is 321 g/mol. The molecule has 22 heavy (non-hydrogen) atoms. The summed E-state index contributed by atoms with van der Waals surface area (Å²) < 4.78 is 0. The number of carbonyl (C=O) groups excluding carboxylic acids is 1. The number of nitrogens with one attached hydrogen (secondary N) is 1. The second-order valence-electron chi connectivity index (χ2n) is 5.62. The second-order valence-corrected chi connectivity index (χ2v) is 6.54. The van der Waals surface area contributed by atoms with E-state index in [0.717, 1.165) is 12.8 Å². The van der Waals surface area contributed by atoms with Crippen LogP contribution in [0, 0.1) is 11.3 Å². The van der Waals surface area contributed by atoms with E-state index in [0.29, 0.717) is 36.1 Å². The third kappa shape index (κ3) is 4.80. The third-order valence-electron chi connectivity index (χ3n) is 4.14. The van der Waals surface area contributed by atoms with Crippen LogP contribution in [0.25, 0.3) is 0 Å². The monoisotopic (exact) mass is 321 g/mol. The molecule has 1 aromatic heterocycles. The molecular formula is C16H23N3O2S. The Morgan fingerprint density at radius 1 is 1.41 bits per heavy atom. The molecule has 1 amide bonds. The second kappa shape index (κ2) is 8.89. The van der Waals surface area contributed by atoms with Crippen LogP contribution >= 0.6 is 11.3 Å². The van der Waals surface area contributed by atoms with Crippen molar-refractivity contribution in [1.82, 2.24) is 4.90 Å². The van der Waals surface area contributed by atoms with Crippen molar-refractivity contribution in [3.8, 4) is 6.07 Å². The van der Waals surface area contributed by atoms with Gasteiger partial charge in [-0.3, -0.25) is 9.69 Å². The lowest BCUT2D eigenvalue weighted by molar-refractivity contribution is -0.116. The van der Waals surface area contributed by atoms with Crippen LogP contribution in [0.1, 0.15) is 44.1 Å². The molecule has 2 rings (SSSR count). The highest BCUT2D eigenvalue weighted by Crippen LogP contribution is 2.24. The van der Waals surface area contributed by atoms with Gasteiger partial charge in [-0.25, -0.2) is 0 Å². The summed E-state index contributed by atoms with van der Waals surface area (Å²) in [4.78, 5) is 14.3. The normalized spacial score (nSPS) is 15.7. The number of aliphatic hydroxyl groups is 1. The van der Waals surface area contributed by atoms with Gasteiger partial charge in [-0.05, 0) is 24.3 Å². The molecule has 0 aromatic carbocycles. The molecule has 1 aliphatic carbocycles. The molecule has 0 spiro atoms. The van der Waals surface area contributed by atoms with Crippen LogP contribution in [0.3, 0.4) is 0 Å². The largest absolute Gasteiger partial charge is 0.395 e. The van der Waals surface area contributed by atoms with Crippen molar-refractivity contribution in [2.45, 2.75) is 44.6 Å². The van der Waals surface area contributed by atoms with Gasteiger partial charge in [0.15, 0.2) is 0 Å². The quantitative estimate of drug-likeness (QED) is 0.809. The van der Waals surface area contributed by atoms with Gasteiger partial charge in [0.25, 0.3) is 0 Å². The molecule has 120 valence electrons. The van der Waals surface area contributed by atoms with E-state index in [4.69, 9.17) is 5.26 Å². The third-order valence-corrected chi connectivity index (χ3v) is 4.97. The SMILES string of the molecule is N#Cc1ccsc1NC(=O)CCN(CCO)C1CCCCC1. The van der Waals surface area contributed by atoms with Crippen molar-refractivity contribution >= 4 is 22.2 Å². The number of amides is 1. The average Bonchev–Trinajstić information content (AvgIpc) is 2.99. The molecule has 0 radical (unpaired) electrons. The number of thiophene rings is 1. The zero-order valence-electron chi connectivity index (χ0n) is 12.8. The van der Waals surface area contributed by atoms with E-state index >= 15 is 0 Å². The maximum atomic E-state index is 12.1. The van der Waals surface area contributed by atoms with Gasteiger partial charge in [-0.2, -0.15) is 5.26 Å². The molecule has 1 fully saturated rings. The lowest BCUT2D eigenvalue weighted by Gasteiger charge is -2.33. The maximum absolute atomic E-state index is 12.1. The first-order valence-electron chi connectivity index (χ1n) is 7.87. The minimum Gasteiger partial charge on any atom is -0.395 e. The number of nitrogens with zero attached hydrogens (tertiary/aromatic N) is 2. The summed E-state index contributed by atoms with van der Waals surface area (Å²) in [5, 5.41) is 23.4. The molecule has 0 aliphatic heterocycles. The van der Waals surface area contributed by atoms with Crippen molar-refractivity contribution < 1.29 is 9.90 Å². The summed E-state index contributed by atoms with van der Waals surface area (Å²) in [6.07, 6.45) is 6.47. The highest BCUT2D eigenvalue weighted by atomic mass is 32.1. The molecule has 1 heterocycles. The molecule has 1 aromatic rings. The van der Waals surface area contributed by atoms with Crippen LogP contribution in [0.2, 0.25) is 0 Å². The van der Waals surface area contributed by atoms with Crippen molar-refractivity contribution in [2.24, 2.45) is 0 Å². The predicted molar refractivity (Wildman–Crippen MR) is 87.8 cm³/mol. The van der Waals surface area contributed by atoms with E-state index in [2.05, 4.69) is 16.3 Å². The predicted octanol–water partition coefficient (Wildman–Crippen LogP) is 2.58. The fourth-order valence-corrected chi connectivity index (χ4v) is 3.73. The number of nitriles is 1. The van der Waals surface area contributed by atoms with E-state index < -0.39 is 0 Å². The first-order chi connectivity index (χ1) is 10.7. The van der Waals surface area contributed by atoms with E-state index in [1.165, 1.54) is 30.6 Å². The minimum atomic E-state index is -0.0716. The van der Waals surface area contributed by atoms with Gasteiger partial charge in [0, 0.05) is 25.6 Å². The summed E-state index contributed by atoms with van der Waals surface area (Å²) in [7, 11) is 0.